The summed E-state index contributed by atoms with van der Waals surface area (Å²) >= 11 is 0. The van der Waals surface area contributed by atoms with Crippen molar-refractivity contribution in [3.05, 3.63) is 58.0 Å². The van der Waals surface area contributed by atoms with Crippen molar-refractivity contribution in [1.82, 2.24) is 4.98 Å². The number of aliphatic hydroxyl groups excluding tert-OH is 1. The van der Waals surface area contributed by atoms with Gasteiger partial charge < -0.3 is 21.1 Å². The van der Waals surface area contributed by atoms with Crippen LogP contribution in [0.4, 0.5) is 24.5 Å². The number of aliphatic imine (C=N–C) groups is 1. The van der Waals surface area contributed by atoms with Gasteiger partial charge >= 0.3 is 6.18 Å². The first-order chi connectivity index (χ1) is 13.3. The van der Waals surface area contributed by atoms with Gasteiger partial charge in [0.25, 0.3) is 5.56 Å². The number of nitrogens with two attached hydrogens (primary N) is 1. The van der Waals surface area contributed by atoms with Crippen LogP contribution in [0.3, 0.4) is 0 Å². The molecule has 0 amide bonds. The minimum absolute atomic E-state index is 0.0496. The van der Waals surface area contributed by atoms with Crippen LogP contribution in [-0.2, 0) is 0 Å². The Balaban J connectivity index is 1.86. The molecule has 1 aromatic carbocycles. The summed E-state index contributed by atoms with van der Waals surface area (Å²) in [6.07, 6.45) is -1.54. The minimum atomic E-state index is -4.75. The molecule has 1 unspecified atom stereocenters. The number of aliphatic hydroxyl groups is 1. The molecule has 2 aromatic rings. The summed E-state index contributed by atoms with van der Waals surface area (Å²) in [6.45, 7) is 0. The lowest BCUT2D eigenvalue weighted by atomic mass is 10.1. The molecule has 1 heterocycles. The lowest BCUT2D eigenvalue weighted by molar-refractivity contribution is -0.206. The molecule has 0 radical (unpaired) electrons. The van der Waals surface area contributed by atoms with Crippen molar-refractivity contribution in [2.24, 2.45) is 10.7 Å². The first-order valence-electron chi connectivity index (χ1n) is 8.93. The van der Waals surface area contributed by atoms with Crippen molar-refractivity contribution < 1.29 is 18.3 Å². The molecule has 1 fully saturated rings. The highest BCUT2D eigenvalue weighted by Crippen LogP contribution is 2.33. The summed E-state index contributed by atoms with van der Waals surface area (Å²) in [6, 6.07) is 6.82. The molecule has 28 heavy (non-hydrogen) atoms. The number of aromatic nitrogens is 1. The van der Waals surface area contributed by atoms with E-state index in [0.717, 1.165) is 37.8 Å². The number of aromatic amines is 1. The van der Waals surface area contributed by atoms with Crippen molar-refractivity contribution in [2.45, 2.75) is 44.0 Å². The normalized spacial score (nSPS) is 16.9. The van der Waals surface area contributed by atoms with Crippen molar-refractivity contribution in [2.75, 3.05) is 5.32 Å². The average molecular weight is 394 g/mol. The van der Waals surface area contributed by atoms with E-state index >= 15 is 0 Å². The van der Waals surface area contributed by atoms with Gasteiger partial charge in [-0.25, -0.2) is 4.99 Å². The molecule has 1 aliphatic carbocycles. The molecular formula is C19H21F3N4O2. The number of hydrogen-bond donors (Lipinski definition) is 4. The van der Waals surface area contributed by atoms with Gasteiger partial charge in [-0.2, -0.15) is 13.2 Å². The summed E-state index contributed by atoms with van der Waals surface area (Å²) in [7, 11) is 0. The number of nitrogens with zero attached hydrogens (tertiary/aromatic N) is 1. The van der Waals surface area contributed by atoms with Gasteiger partial charge in [0.15, 0.2) is 6.10 Å². The maximum Gasteiger partial charge on any atom is 0.418 e. The Morgan fingerprint density at radius 3 is 2.46 bits per heavy atom. The SMILES string of the molecule is NC(=Nc1ccc(C(O)C(F)(F)F)cc1)c1c(NC2CCCC2)cc[nH]c1=O. The Bertz CT molecular complexity index is 901. The van der Waals surface area contributed by atoms with Crippen LogP contribution >= 0.6 is 0 Å². The average Bonchev–Trinajstić information content (AvgIpc) is 3.14. The Kier molecular flexibility index (Phi) is 5.73. The molecule has 1 aromatic heterocycles. The van der Waals surface area contributed by atoms with E-state index < -0.39 is 17.8 Å². The molecule has 0 aliphatic heterocycles. The van der Waals surface area contributed by atoms with Crippen molar-refractivity contribution in [1.29, 1.82) is 0 Å². The van der Waals surface area contributed by atoms with Gasteiger partial charge in [0.05, 0.1) is 11.4 Å². The molecule has 1 atom stereocenters. The third-order valence-electron chi connectivity index (χ3n) is 4.70. The number of nitrogens with one attached hydrogen (secondary N) is 2. The second-order valence-electron chi connectivity index (χ2n) is 6.75. The molecule has 5 N–H and O–H groups in total. The third-order valence-corrected chi connectivity index (χ3v) is 4.70. The van der Waals surface area contributed by atoms with Gasteiger partial charge in [-0.3, -0.25) is 4.79 Å². The molecule has 1 saturated carbocycles. The van der Waals surface area contributed by atoms with Crippen LogP contribution in [0.2, 0.25) is 0 Å². The summed E-state index contributed by atoms with van der Waals surface area (Å²) in [5.41, 5.74) is 6.35. The molecule has 6 nitrogen and oxygen atoms in total. The van der Waals surface area contributed by atoms with Crippen LogP contribution < -0.4 is 16.6 Å². The number of halogens is 3. The monoisotopic (exact) mass is 394 g/mol. The Labute approximate surface area is 159 Å². The Morgan fingerprint density at radius 1 is 1.21 bits per heavy atom. The largest absolute Gasteiger partial charge is 0.418 e. The molecule has 9 heteroatoms. The zero-order valence-corrected chi connectivity index (χ0v) is 15.0. The number of amidine groups is 1. The first kappa shape index (κ1) is 19.9. The highest BCUT2D eigenvalue weighted by molar-refractivity contribution is 6.03. The highest BCUT2D eigenvalue weighted by Gasteiger charge is 2.39. The molecule has 150 valence electrons. The maximum absolute atomic E-state index is 12.6. The quantitative estimate of drug-likeness (QED) is 0.461. The molecule has 3 rings (SSSR count). The number of alkyl halides is 3. The molecule has 0 bridgehead atoms. The molecule has 0 saturated heterocycles. The number of rotatable bonds is 5. The lowest BCUT2D eigenvalue weighted by Crippen LogP contribution is -2.28. The van der Waals surface area contributed by atoms with Crippen molar-refractivity contribution >= 4 is 17.2 Å². The predicted octanol–water partition coefficient (Wildman–Crippen LogP) is 3.36. The van der Waals surface area contributed by atoms with Crippen LogP contribution in [0.5, 0.6) is 0 Å². The summed E-state index contributed by atoms with van der Waals surface area (Å²) < 4.78 is 37.7. The number of pyridine rings is 1. The standard InChI is InChI=1S/C19H21F3N4O2/c20-19(21,22)16(27)11-5-7-13(8-6-11)26-17(23)15-14(9-10-24-18(15)28)25-12-3-1-2-4-12/h5-10,12,16,27H,1-4H2,(H2,23,26)(H2,24,25,28). The van der Waals surface area contributed by atoms with Crippen LogP contribution in [0.25, 0.3) is 0 Å². The smallest absolute Gasteiger partial charge is 0.383 e. The van der Waals surface area contributed by atoms with Gasteiger partial charge in [-0.1, -0.05) is 25.0 Å². The summed E-state index contributed by atoms with van der Waals surface area (Å²) in [5, 5.41) is 12.6. The summed E-state index contributed by atoms with van der Waals surface area (Å²) in [4.78, 5) is 19.0. The Morgan fingerprint density at radius 2 is 1.86 bits per heavy atom. The fourth-order valence-corrected chi connectivity index (χ4v) is 3.26. The van der Waals surface area contributed by atoms with Gasteiger partial charge in [0.1, 0.15) is 11.4 Å². The number of anilines is 1. The van der Waals surface area contributed by atoms with E-state index in [2.05, 4.69) is 15.3 Å². The van der Waals surface area contributed by atoms with Gasteiger partial charge in [-0.05, 0) is 36.6 Å². The summed E-state index contributed by atoms with van der Waals surface area (Å²) in [5.74, 6) is -0.0496. The van der Waals surface area contributed by atoms with Crippen molar-refractivity contribution in [3.63, 3.8) is 0 Å². The van der Waals surface area contributed by atoms with Gasteiger partial charge in [0.2, 0.25) is 0 Å². The zero-order valence-electron chi connectivity index (χ0n) is 15.0. The van der Waals surface area contributed by atoms with Crippen LogP contribution in [-0.4, -0.2) is 28.1 Å². The van der Waals surface area contributed by atoms with E-state index in [4.69, 9.17) is 5.73 Å². The van der Waals surface area contributed by atoms with E-state index in [0.29, 0.717) is 5.69 Å². The topological polar surface area (TPSA) is 104 Å². The Hall–Kier alpha value is -2.81. The highest BCUT2D eigenvalue weighted by atomic mass is 19.4. The molecule has 1 aliphatic rings. The van der Waals surface area contributed by atoms with Crippen LogP contribution in [0.15, 0.2) is 46.3 Å². The number of H-pyrrole nitrogens is 1. The number of hydrogen-bond acceptors (Lipinski definition) is 4. The third kappa shape index (κ3) is 4.53. The fraction of sp³-hybridized carbons (Fsp3) is 0.368. The van der Waals surface area contributed by atoms with Crippen LogP contribution in [0, 0.1) is 0 Å². The second-order valence-corrected chi connectivity index (χ2v) is 6.75. The predicted molar refractivity (Wildman–Crippen MR) is 101 cm³/mol. The zero-order chi connectivity index (χ0) is 20.3. The fourth-order valence-electron chi connectivity index (χ4n) is 3.26. The number of benzene rings is 1. The van der Waals surface area contributed by atoms with E-state index in [1.54, 1.807) is 6.07 Å². The lowest BCUT2D eigenvalue weighted by Gasteiger charge is -2.16. The van der Waals surface area contributed by atoms with Crippen molar-refractivity contribution in [3.8, 4) is 0 Å². The van der Waals surface area contributed by atoms with E-state index in [9.17, 15) is 23.1 Å². The van der Waals surface area contributed by atoms with E-state index in [1.165, 1.54) is 18.3 Å². The molecule has 0 spiro atoms. The maximum atomic E-state index is 12.6. The first-order valence-corrected chi connectivity index (χ1v) is 8.93. The van der Waals surface area contributed by atoms with E-state index in [-0.39, 0.29) is 28.7 Å². The minimum Gasteiger partial charge on any atom is -0.383 e. The molecular weight excluding hydrogens is 373 g/mol. The van der Waals surface area contributed by atoms with Crippen LogP contribution in [0.1, 0.15) is 42.9 Å². The van der Waals surface area contributed by atoms with Gasteiger partial charge in [-0.15, -0.1) is 0 Å². The second kappa shape index (κ2) is 8.05. The van der Waals surface area contributed by atoms with E-state index in [1.807, 2.05) is 0 Å². The van der Waals surface area contributed by atoms with Gasteiger partial charge in [0, 0.05) is 12.2 Å².